The number of thioether (sulfide) groups is 1. The van der Waals surface area contributed by atoms with Crippen LogP contribution < -0.4 is 5.32 Å². The number of esters is 1. The van der Waals surface area contributed by atoms with Gasteiger partial charge in [-0.2, -0.15) is 0 Å². The number of rotatable bonds is 5. The summed E-state index contributed by atoms with van der Waals surface area (Å²) in [6.45, 7) is 2.79. The standard InChI is InChI=1S/C13H15N3O2S/c1-3-14-12-9-6-4-5-7-10(9)15-13(16-12)19-8-11(17)18-2/h4-7H,3,8H2,1-2H3,(H,14,15,16). The molecule has 0 unspecified atom stereocenters. The number of fused-ring (bicyclic) bond motifs is 1. The van der Waals surface area contributed by atoms with Gasteiger partial charge in [0, 0.05) is 11.9 Å². The second-order valence-electron chi connectivity index (χ2n) is 3.77. The monoisotopic (exact) mass is 277 g/mol. The van der Waals surface area contributed by atoms with Gasteiger partial charge in [0.25, 0.3) is 0 Å². The minimum atomic E-state index is -0.285. The van der Waals surface area contributed by atoms with Crippen LogP contribution in [-0.4, -0.2) is 35.3 Å². The van der Waals surface area contributed by atoms with Gasteiger partial charge in [-0.15, -0.1) is 0 Å². The van der Waals surface area contributed by atoms with Crippen molar-refractivity contribution >= 4 is 34.5 Å². The number of methoxy groups -OCH3 is 1. The highest BCUT2D eigenvalue weighted by atomic mass is 32.2. The fourth-order valence-corrected chi connectivity index (χ4v) is 2.29. The van der Waals surface area contributed by atoms with Crippen molar-refractivity contribution in [1.82, 2.24) is 9.97 Å². The fraction of sp³-hybridized carbons (Fsp3) is 0.308. The second-order valence-corrected chi connectivity index (χ2v) is 4.71. The van der Waals surface area contributed by atoms with Gasteiger partial charge in [0.05, 0.1) is 18.4 Å². The number of benzene rings is 1. The summed E-state index contributed by atoms with van der Waals surface area (Å²) in [5, 5.41) is 4.76. The van der Waals surface area contributed by atoms with Gasteiger partial charge in [0.2, 0.25) is 0 Å². The van der Waals surface area contributed by atoms with Crippen molar-refractivity contribution in [2.45, 2.75) is 12.1 Å². The first-order valence-electron chi connectivity index (χ1n) is 5.95. The molecule has 0 aliphatic rings. The third-order valence-electron chi connectivity index (χ3n) is 2.47. The van der Waals surface area contributed by atoms with E-state index in [2.05, 4.69) is 20.0 Å². The molecule has 1 aromatic heterocycles. The van der Waals surface area contributed by atoms with Gasteiger partial charge in [-0.25, -0.2) is 9.97 Å². The van der Waals surface area contributed by atoms with Crippen molar-refractivity contribution < 1.29 is 9.53 Å². The maximum atomic E-state index is 11.1. The normalized spacial score (nSPS) is 10.4. The third-order valence-corrected chi connectivity index (χ3v) is 3.29. The maximum absolute atomic E-state index is 11.1. The molecule has 2 aromatic rings. The number of nitrogens with one attached hydrogen (secondary N) is 1. The number of nitrogens with zero attached hydrogens (tertiary/aromatic N) is 2. The Labute approximate surface area is 115 Å². The van der Waals surface area contributed by atoms with Gasteiger partial charge in [0.1, 0.15) is 5.82 Å². The molecule has 100 valence electrons. The Hall–Kier alpha value is -1.82. The largest absolute Gasteiger partial charge is 0.468 e. The first-order chi connectivity index (χ1) is 9.24. The lowest BCUT2D eigenvalue weighted by Crippen LogP contribution is -2.06. The number of aromatic nitrogens is 2. The van der Waals surface area contributed by atoms with Crippen LogP contribution >= 0.6 is 11.8 Å². The number of anilines is 1. The first-order valence-corrected chi connectivity index (χ1v) is 6.93. The van der Waals surface area contributed by atoms with Crippen molar-refractivity contribution in [2.75, 3.05) is 24.7 Å². The first kappa shape index (κ1) is 13.6. The molecule has 1 heterocycles. The molecule has 5 nitrogen and oxygen atoms in total. The Balaban J connectivity index is 2.32. The molecule has 0 saturated heterocycles. The lowest BCUT2D eigenvalue weighted by atomic mass is 10.2. The smallest absolute Gasteiger partial charge is 0.316 e. The van der Waals surface area contributed by atoms with E-state index in [1.807, 2.05) is 31.2 Å². The zero-order valence-corrected chi connectivity index (χ0v) is 11.7. The zero-order valence-electron chi connectivity index (χ0n) is 10.8. The number of carbonyl (C=O) groups is 1. The molecule has 0 spiro atoms. The molecule has 1 N–H and O–H groups in total. The van der Waals surface area contributed by atoms with Gasteiger partial charge in [0.15, 0.2) is 5.16 Å². The van der Waals surface area contributed by atoms with E-state index in [1.54, 1.807) is 0 Å². The van der Waals surface area contributed by atoms with Crippen molar-refractivity contribution in [2.24, 2.45) is 0 Å². The number of carbonyl (C=O) groups excluding carboxylic acids is 1. The van der Waals surface area contributed by atoms with E-state index < -0.39 is 0 Å². The van der Waals surface area contributed by atoms with Gasteiger partial charge in [-0.05, 0) is 19.1 Å². The van der Waals surface area contributed by atoms with Gasteiger partial charge in [-0.3, -0.25) is 4.79 Å². The van der Waals surface area contributed by atoms with Crippen molar-refractivity contribution in [3.05, 3.63) is 24.3 Å². The molecule has 0 aliphatic carbocycles. The fourth-order valence-electron chi connectivity index (χ4n) is 1.60. The van der Waals surface area contributed by atoms with E-state index >= 15 is 0 Å². The summed E-state index contributed by atoms with van der Waals surface area (Å²) in [7, 11) is 1.37. The van der Waals surface area contributed by atoms with Crippen molar-refractivity contribution in [3.8, 4) is 0 Å². The summed E-state index contributed by atoms with van der Waals surface area (Å²) in [6, 6.07) is 7.79. The van der Waals surface area contributed by atoms with E-state index in [0.717, 1.165) is 23.3 Å². The van der Waals surface area contributed by atoms with E-state index in [9.17, 15) is 4.79 Å². The van der Waals surface area contributed by atoms with Crippen LogP contribution in [0.4, 0.5) is 5.82 Å². The molecule has 0 amide bonds. The van der Waals surface area contributed by atoms with Crippen LogP contribution in [-0.2, 0) is 9.53 Å². The van der Waals surface area contributed by atoms with Crippen LogP contribution in [0, 0.1) is 0 Å². The molecule has 0 saturated carbocycles. The molecule has 0 aliphatic heterocycles. The van der Waals surface area contributed by atoms with Crippen LogP contribution in [0.2, 0.25) is 0 Å². The predicted molar refractivity (Wildman–Crippen MR) is 76.4 cm³/mol. The van der Waals surface area contributed by atoms with Crippen LogP contribution in [0.3, 0.4) is 0 Å². The van der Waals surface area contributed by atoms with E-state index in [0.29, 0.717) is 5.16 Å². The second kappa shape index (κ2) is 6.38. The molecule has 0 fully saturated rings. The predicted octanol–water partition coefficient (Wildman–Crippen LogP) is 2.33. The SMILES string of the molecule is CCNc1nc(SCC(=O)OC)nc2ccccc12. The quantitative estimate of drug-likeness (QED) is 0.514. The summed E-state index contributed by atoms with van der Waals surface area (Å²) in [4.78, 5) is 20.0. The Kier molecular flexibility index (Phi) is 4.57. The van der Waals surface area contributed by atoms with Crippen molar-refractivity contribution in [3.63, 3.8) is 0 Å². The highest BCUT2D eigenvalue weighted by Crippen LogP contribution is 2.24. The Morgan fingerprint density at radius 3 is 2.89 bits per heavy atom. The molecule has 0 bridgehead atoms. The summed E-state index contributed by atoms with van der Waals surface area (Å²) in [5.74, 6) is 0.715. The van der Waals surface area contributed by atoms with E-state index in [-0.39, 0.29) is 11.7 Å². The van der Waals surface area contributed by atoms with Crippen LogP contribution in [0.5, 0.6) is 0 Å². The zero-order chi connectivity index (χ0) is 13.7. The molecule has 19 heavy (non-hydrogen) atoms. The molecule has 6 heteroatoms. The maximum Gasteiger partial charge on any atom is 0.316 e. The highest BCUT2D eigenvalue weighted by molar-refractivity contribution is 7.99. The summed E-state index contributed by atoms with van der Waals surface area (Å²) in [6.07, 6.45) is 0. The summed E-state index contributed by atoms with van der Waals surface area (Å²) >= 11 is 1.27. The Morgan fingerprint density at radius 1 is 1.37 bits per heavy atom. The topological polar surface area (TPSA) is 64.1 Å². The van der Waals surface area contributed by atoms with E-state index in [4.69, 9.17) is 0 Å². The van der Waals surface area contributed by atoms with Gasteiger partial charge >= 0.3 is 5.97 Å². The average Bonchev–Trinajstić information content (AvgIpc) is 2.45. The number of para-hydroxylation sites is 1. The molecule has 2 rings (SSSR count). The number of ether oxygens (including phenoxy) is 1. The lowest BCUT2D eigenvalue weighted by Gasteiger charge is -2.08. The van der Waals surface area contributed by atoms with E-state index in [1.165, 1.54) is 18.9 Å². The van der Waals surface area contributed by atoms with Gasteiger partial charge in [-0.1, -0.05) is 23.9 Å². The minimum absolute atomic E-state index is 0.209. The Morgan fingerprint density at radius 2 is 2.16 bits per heavy atom. The van der Waals surface area contributed by atoms with Gasteiger partial charge < -0.3 is 10.1 Å². The number of hydrogen-bond acceptors (Lipinski definition) is 6. The summed E-state index contributed by atoms with van der Waals surface area (Å²) in [5.41, 5.74) is 0.862. The molecular formula is C13H15N3O2S. The van der Waals surface area contributed by atoms with Crippen LogP contribution in [0.25, 0.3) is 10.9 Å². The van der Waals surface area contributed by atoms with Crippen molar-refractivity contribution in [1.29, 1.82) is 0 Å². The highest BCUT2D eigenvalue weighted by Gasteiger charge is 2.09. The minimum Gasteiger partial charge on any atom is -0.468 e. The Bertz CT molecular complexity index is 589. The summed E-state index contributed by atoms with van der Waals surface area (Å²) < 4.78 is 4.61. The molecule has 1 aromatic carbocycles. The number of hydrogen-bond donors (Lipinski definition) is 1. The third kappa shape index (κ3) is 3.35. The average molecular weight is 277 g/mol. The van der Waals surface area contributed by atoms with Crippen LogP contribution in [0.1, 0.15) is 6.92 Å². The molecule has 0 radical (unpaired) electrons. The molecular weight excluding hydrogens is 262 g/mol. The molecule has 0 atom stereocenters. The van der Waals surface area contributed by atoms with Crippen LogP contribution in [0.15, 0.2) is 29.4 Å². The lowest BCUT2D eigenvalue weighted by molar-refractivity contribution is -0.137.